The van der Waals surface area contributed by atoms with Gasteiger partial charge < -0.3 is 16.0 Å². The number of nitrogens with two attached hydrogens (primary N) is 1. The summed E-state index contributed by atoms with van der Waals surface area (Å²) in [7, 11) is 0. The van der Waals surface area contributed by atoms with Gasteiger partial charge in [-0.15, -0.1) is 0 Å². The van der Waals surface area contributed by atoms with Crippen molar-refractivity contribution in [2.75, 3.05) is 25.1 Å². The van der Waals surface area contributed by atoms with Gasteiger partial charge >= 0.3 is 0 Å². The number of carbonyl (C=O) groups excluding carboxylic acids is 2. The summed E-state index contributed by atoms with van der Waals surface area (Å²) in [5.74, 6) is 0.0772. The van der Waals surface area contributed by atoms with Crippen molar-refractivity contribution in [1.82, 2.24) is 10.2 Å². The van der Waals surface area contributed by atoms with Gasteiger partial charge in [0, 0.05) is 36.8 Å². The fraction of sp³-hybridized carbons (Fsp3) is 0.529. The standard InChI is InChI=1S/C17H24N4O4S/c1-26-9-7-15(17(23)20-8-3-5-13(18)11-20)19-16(22)12-4-2-6-14(10-12)21(24)25/h2,4,6,10,13,15H,3,5,7-9,11,18H2,1H3,(H,19,22). The molecule has 1 fully saturated rings. The van der Waals surface area contributed by atoms with Crippen LogP contribution in [0.3, 0.4) is 0 Å². The number of amides is 2. The Morgan fingerprint density at radius 1 is 1.50 bits per heavy atom. The topological polar surface area (TPSA) is 119 Å². The fourth-order valence-electron chi connectivity index (χ4n) is 2.93. The number of nitrogens with zero attached hydrogens (tertiary/aromatic N) is 2. The van der Waals surface area contributed by atoms with Crippen molar-refractivity contribution in [1.29, 1.82) is 0 Å². The summed E-state index contributed by atoms with van der Waals surface area (Å²) in [4.78, 5) is 37.4. The first-order valence-corrected chi connectivity index (χ1v) is 9.90. The van der Waals surface area contributed by atoms with Crippen LogP contribution in [0, 0.1) is 10.1 Å². The van der Waals surface area contributed by atoms with Crippen molar-refractivity contribution in [3.63, 3.8) is 0 Å². The molecule has 3 N–H and O–H groups in total. The van der Waals surface area contributed by atoms with Crippen LogP contribution >= 0.6 is 11.8 Å². The highest BCUT2D eigenvalue weighted by atomic mass is 32.2. The molecule has 0 radical (unpaired) electrons. The van der Waals surface area contributed by atoms with Gasteiger partial charge in [0.15, 0.2) is 0 Å². The minimum Gasteiger partial charge on any atom is -0.340 e. The van der Waals surface area contributed by atoms with Gasteiger partial charge in [0.05, 0.1) is 4.92 Å². The van der Waals surface area contributed by atoms with Crippen molar-refractivity contribution in [2.45, 2.75) is 31.3 Å². The maximum atomic E-state index is 12.8. The lowest BCUT2D eigenvalue weighted by atomic mass is 10.0. The van der Waals surface area contributed by atoms with E-state index in [1.54, 1.807) is 16.7 Å². The molecule has 0 aromatic heterocycles. The highest BCUT2D eigenvalue weighted by molar-refractivity contribution is 7.98. The molecule has 1 aromatic carbocycles. The van der Waals surface area contributed by atoms with Crippen LogP contribution in [0.4, 0.5) is 5.69 Å². The quantitative estimate of drug-likeness (QED) is 0.545. The molecule has 2 unspecified atom stereocenters. The minimum absolute atomic E-state index is 0.0404. The van der Waals surface area contributed by atoms with Crippen LogP contribution in [0.1, 0.15) is 29.6 Å². The predicted molar refractivity (Wildman–Crippen MR) is 101 cm³/mol. The monoisotopic (exact) mass is 380 g/mol. The summed E-state index contributed by atoms with van der Waals surface area (Å²) >= 11 is 1.59. The van der Waals surface area contributed by atoms with Crippen LogP contribution < -0.4 is 11.1 Å². The van der Waals surface area contributed by atoms with Gasteiger partial charge in [0.2, 0.25) is 5.91 Å². The first-order chi connectivity index (χ1) is 12.4. The molecule has 0 spiro atoms. The molecule has 1 aliphatic rings. The zero-order valence-electron chi connectivity index (χ0n) is 14.7. The number of nitro benzene ring substituents is 1. The van der Waals surface area contributed by atoms with E-state index in [-0.39, 0.29) is 23.2 Å². The minimum atomic E-state index is -0.667. The van der Waals surface area contributed by atoms with Gasteiger partial charge in [-0.05, 0) is 37.3 Å². The van der Waals surface area contributed by atoms with Crippen LogP contribution in [-0.4, -0.2) is 58.8 Å². The third-order valence-corrected chi connectivity index (χ3v) is 4.95. The molecule has 26 heavy (non-hydrogen) atoms. The summed E-state index contributed by atoms with van der Waals surface area (Å²) in [6.45, 7) is 1.12. The van der Waals surface area contributed by atoms with Crippen molar-refractivity contribution < 1.29 is 14.5 Å². The Kier molecular flexibility index (Phi) is 7.40. The van der Waals surface area contributed by atoms with Crippen molar-refractivity contribution >= 4 is 29.3 Å². The molecule has 142 valence electrons. The van der Waals surface area contributed by atoms with E-state index in [9.17, 15) is 19.7 Å². The Balaban J connectivity index is 2.11. The number of nitro groups is 1. The summed E-state index contributed by atoms with van der Waals surface area (Å²) in [6.07, 6.45) is 4.16. The number of likely N-dealkylation sites (tertiary alicyclic amines) is 1. The van der Waals surface area contributed by atoms with E-state index in [1.807, 2.05) is 6.26 Å². The number of nitrogens with one attached hydrogen (secondary N) is 1. The van der Waals surface area contributed by atoms with E-state index in [1.165, 1.54) is 24.3 Å². The molecule has 1 saturated heterocycles. The first kappa shape index (κ1) is 20.2. The Morgan fingerprint density at radius 2 is 2.27 bits per heavy atom. The second kappa shape index (κ2) is 9.54. The second-order valence-electron chi connectivity index (χ2n) is 6.30. The van der Waals surface area contributed by atoms with E-state index in [0.29, 0.717) is 25.3 Å². The molecule has 1 heterocycles. The number of hydrogen-bond acceptors (Lipinski definition) is 6. The maximum Gasteiger partial charge on any atom is 0.270 e. The Hall–Kier alpha value is -2.13. The normalized spacial score (nSPS) is 18.2. The molecule has 0 aliphatic carbocycles. The number of thioether (sulfide) groups is 1. The van der Waals surface area contributed by atoms with E-state index < -0.39 is 16.9 Å². The fourth-order valence-corrected chi connectivity index (χ4v) is 3.40. The first-order valence-electron chi connectivity index (χ1n) is 8.51. The van der Waals surface area contributed by atoms with E-state index in [0.717, 1.165) is 12.8 Å². The summed E-state index contributed by atoms with van der Waals surface area (Å²) < 4.78 is 0. The summed E-state index contributed by atoms with van der Waals surface area (Å²) in [5.41, 5.74) is 5.95. The van der Waals surface area contributed by atoms with Crippen LogP contribution in [0.2, 0.25) is 0 Å². The van der Waals surface area contributed by atoms with Crippen LogP contribution in [-0.2, 0) is 4.79 Å². The lowest BCUT2D eigenvalue weighted by Crippen LogP contribution is -2.53. The lowest BCUT2D eigenvalue weighted by molar-refractivity contribution is -0.384. The molecule has 2 rings (SSSR count). The third-order valence-electron chi connectivity index (χ3n) is 4.30. The van der Waals surface area contributed by atoms with E-state index in [2.05, 4.69) is 5.32 Å². The zero-order valence-corrected chi connectivity index (χ0v) is 15.5. The van der Waals surface area contributed by atoms with Crippen molar-refractivity contribution in [2.24, 2.45) is 5.73 Å². The number of hydrogen-bond donors (Lipinski definition) is 2. The average Bonchev–Trinajstić information content (AvgIpc) is 2.64. The van der Waals surface area contributed by atoms with Gasteiger partial charge in [0.1, 0.15) is 6.04 Å². The SMILES string of the molecule is CSCCC(NC(=O)c1cccc([N+](=O)[O-])c1)C(=O)N1CCCC(N)C1. The maximum absolute atomic E-state index is 12.8. The second-order valence-corrected chi connectivity index (χ2v) is 7.29. The smallest absolute Gasteiger partial charge is 0.270 e. The Bertz CT molecular complexity index is 670. The molecule has 0 saturated carbocycles. The van der Waals surface area contributed by atoms with Crippen LogP contribution in [0.15, 0.2) is 24.3 Å². The number of benzene rings is 1. The van der Waals surface area contributed by atoms with Crippen LogP contribution in [0.5, 0.6) is 0 Å². The molecule has 2 atom stereocenters. The molecule has 2 amide bonds. The van der Waals surface area contributed by atoms with Crippen molar-refractivity contribution in [3.8, 4) is 0 Å². The zero-order chi connectivity index (χ0) is 19.1. The molecule has 9 heteroatoms. The average molecular weight is 380 g/mol. The van der Waals surface area contributed by atoms with Crippen LogP contribution in [0.25, 0.3) is 0 Å². The molecule has 1 aromatic rings. The Morgan fingerprint density at radius 3 is 2.92 bits per heavy atom. The number of non-ortho nitro benzene ring substituents is 1. The van der Waals surface area contributed by atoms with Crippen molar-refractivity contribution in [3.05, 3.63) is 39.9 Å². The summed E-state index contributed by atoms with van der Waals surface area (Å²) in [5, 5.41) is 13.6. The summed E-state index contributed by atoms with van der Waals surface area (Å²) in [6, 6.07) is 4.77. The molecule has 8 nitrogen and oxygen atoms in total. The molecular formula is C17H24N4O4S. The number of piperidine rings is 1. The lowest BCUT2D eigenvalue weighted by Gasteiger charge is -2.33. The van der Waals surface area contributed by atoms with E-state index >= 15 is 0 Å². The molecular weight excluding hydrogens is 356 g/mol. The van der Waals surface area contributed by atoms with E-state index in [4.69, 9.17) is 5.73 Å². The molecule has 0 bridgehead atoms. The Labute approximate surface area is 156 Å². The van der Waals surface area contributed by atoms with Gasteiger partial charge in [0.25, 0.3) is 11.6 Å². The highest BCUT2D eigenvalue weighted by Gasteiger charge is 2.29. The number of carbonyl (C=O) groups is 2. The number of rotatable bonds is 7. The van der Waals surface area contributed by atoms with Gasteiger partial charge in [-0.25, -0.2) is 0 Å². The third kappa shape index (κ3) is 5.43. The van der Waals surface area contributed by atoms with Gasteiger partial charge in [-0.2, -0.15) is 11.8 Å². The van der Waals surface area contributed by atoms with Gasteiger partial charge in [-0.1, -0.05) is 6.07 Å². The predicted octanol–water partition coefficient (Wildman–Crippen LogP) is 1.40. The molecule has 1 aliphatic heterocycles. The largest absolute Gasteiger partial charge is 0.340 e. The van der Waals surface area contributed by atoms with Gasteiger partial charge in [-0.3, -0.25) is 19.7 Å². The highest BCUT2D eigenvalue weighted by Crippen LogP contribution is 2.15.